The highest BCUT2D eigenvalue weighted by Crippen LogP contribution is 2.36. The number of nitrogens with zero attached hydrogens (tertiary/aromatic N) is 3. The molecule has 4 rings (SSSR count). The van der Waals surface area contributed by atoms with Crippen molar-refractivity contribution < 1.29 is 4.79 Å². The van der Waals surface area contributed by atoms with Crippen molar-refractivity contribution >= 4 is 33.7 Å². The topological polar surface area (TPSA) is 85.8 Å². The van der Waals surface area contributed by atoms with Crippen LogP contribution in [0, 0.1) is 27.7 Å². The Morgan fingerprint density at radius 3 is 2.43 bits per heavy atom. The van der Waals surface area contributed by atoms with Gasteiger partial charge in [-0.15, -0.1) is 0 Å². The van der Waals surface area contributed by atoms with E-state index in [1.165, 1.54) is 16.7 Å². The molecule has 2 heterocycles. The second kappa shape index (κ2) is 6.64. The van der Waals surface area contributed by atoms with Gasteiger partial charge in [0.2, 0.25) is 5.91 Å². The fourth-order valence-electron chi connectivity index (χ4n) is 4.01. The average molecular weight is 373 g/mol. The molecule has 6 heteroatoms. The highest BCUT2D eigenvalue weighted by atomic mass is 16.1. The lowest BCUT2D eigenvalue weighted by Crippen LogP contribution is -2.22. The minimum atomic E-state index is -0.432. The predicted octanol–water partition coefficient (Wildman–Crippen LogP) is 3.70. The number of anilines is 1. The van der Waals surface area contributed by atoms with Crippen molar-refractivity contribution in [2.45, 2.75) is 27.7 Å². The van der Waals surface area contributed by atoms with Crippen LogP contribution in [0.5, 0.6) is 0 Å². The van der Waals surface area contributed by atoms with Crippen molar-refractivity contribution in [3.8, 4) is 5.69 Å². The summed E-state index contributed by atoms with van der Waals surface area (Å²) in [6.07, 6.45) is 0. The van der Waals surface area contributed by atoms with Gasteiger partial charge in [0.25, 0.3) is 0 Å². The number of rotatable bonds is 4. The number of fused-ring (bicyclic) bond motifs is 3. The van der Waals surface area contributed by atoms with Gasteiger partial charge in [-0.25, -0.2) is 9.97 Å². The Morgan fingerprint density at radius 1 is 1.07 bits per heavy atom. The van der Waals surface area contributed by atoms with Crippen LogP contribution >= 0.6 is 0 Å². The first-order valence-electron chi connectivity index (χ1n) is 9.25. The first-order chi connectivity index (χ1) is 13.4. The van der Waals surface area contributed by atoms with Gasteiger partial charge >= 0.3 is 0 Å². The summed E-state index contributed by atoms with van der Waals surface area (Å²) in [4.78, 5) is 20.6. The van der Waals surface area contributed by atoms with E-state index in [9.17, 15) is 4.79 Å². The summed E-state index contributed by atoms with van der Waals surface area (Å²) < 4.78 is 2.19. The van der Waals surface area contributed by atoms with Gasteiger partial charge in [0.1, 0.15) is 11.6 Å². The molecule has 0 aliphatic heterocycles. The first kappa shape index (κ1) is 18.0. The molecule has 0 fully saturated rings. The maximum Gasteiger partial charge on any atom is 0.236 e. The molecule has 0 bridgehead atoms. The highest BCUT2D eigenvalue weighted by Gasteiger charge is 2.20. The number of nitrogens with two attached hydrogens (primary N) is 1. The fourth-order valence-corrected chi connectivity index (χ4v) is 4.01. The Bertz CT molecular complexity index is 1220. The number of hydrogen-bond donors (Lipinski definition) is 2. The number of aryl methyl sites for hydroxylation is 4. The number of primary amides is 1. The zero-order chi connectivity index (χ0) is 20.0. The summed E-state index contributed by atoms with van der Waals surface area (Å²) >= 11 is 0. The van der Waals surface area contributed by atoms with Crippen LogP contribution in [0.15, 0.2) is 36.4 Å². The molecule has 28 heavy (non-hydrogen) atoms. The van der Waals surface area contributed by atoms with Gasteiger partial charge in [-0.1, -0.05) is 35.9 Å². The van der Waals surface area contributed by atoms with E-state index in [2.05, 4.69) is 59.9 Å². The molecular weight excluding hydrogens is 350 g/mol. The van der Waals surface area contributed by atoms with E-state index >= 15 is 0 Å². The van der Waals surface area contributed by atoms with Gasteiger partial charge in [0, 0.05) is 5.39 Å². The molecular formula is C22H23N5O. The molecule has 0 aliphatic carbocycles. The maximum absolute atomic E-state index is 11.3. The van der Waals surface area contributed by atoms with E-state index in [0.29, 0.717) is 11.6 Å². The molecule has 0 saturated heterocycles. The SMILES string of the molecule is Cc1cc(C)c(-n2c3ccccc3c3c(NCC(N)=O)nc(C)nc32)c(C)c1. The smallest absolute Gasteiger partial charge is 0.236 e. The van der Waals surface area contributed by atoms with Gasteiger partial charge in [-0.05, 0) is 44.9 Å². The number of para-hydroxylation sites is 1. The third-order valence-corrected chi connectivity index (χ3v) is 4.92. The van der Waals surface area contributed by atoms with Crippen LogP contribution < -0.4 is 11.1 Å². The molecule has 4 aromatic rings. The first-order valence-corrected chi connectivity index (χ1v) is 9.25. The Balaban J connectivity index is 2.14. The van der Waals surface area contributed by atoms with Crippen molar-refractivity contribution in [1.82, 2.24) is 14.5 Å². The Labute approximate surface area is 163 Å². The lowest BCUT2D eigenvalue weighted by Gasteiger charge is -2.15. The molecule has 0 atom stereocenters. The molecule has 0 saturated carbocycles. The standard InChI is InChI=1S/C22H23N5O/c1-12-9-13(2)20(14(3)10-12)27-17-8-6-5-7-16(17)19-21(24-11-18(23)28)25-15(4)26-22(19)27/h5-10H,11H2,1-4H3,(H2,23,28)(H,24,25,26). The maximum atomic E-state index is 11.3. The summed E-state index contributed by atoms with van der Waals surface area (Å²) in [5.74, 6) is 0.822. The second-order valence-electron chi connectivity index (χ2n) is 7.24. The summed E-state index contributed by atoms with van der Waals surface area (Å²) in [5, 5.41) is 5.01. The van der Waals surface area contributed by atoms with E-state index in [-0.39, 0.29) is 6.54 Å². The van der Waals surface area contributed by atoms with Gasteiger partial charge in [-0.3, -0.25) is 9.36 Å². The number of carbonyl (C=O) groups is 1. The van der Waals surface area contributed by atoms with Crippen LogP contribution in [0.25, 0.3) is 27.6 Å². The van der Waals surface area contributed by atoms with Crippen LogP contribution in [-0.2, 0) is 4.79 Å². The zero-order valence-electron chi connectivity index (χ0n) is 16.5. The van der Waals surface area contributed by atoms with Crippen LogP contribution in [0.2, 0.25) is 0 Å². The van der Waals surface area contributed by atoms with Crippen molar-refractivity contribution in [1.29, 1.82) is 0 Å². The molecule has 2 aromatic heterocycles. The molecule has 0 radical (unpaired) electrons. The number of amides is 1. The van der Waals surface area contributed by atoms with Crippen LogP contribution in [-0.4, -0.2) is 27.0 Å². The Morgan fingerprint density at radius 2 is 1.75 bits per heavy atom. The minimum Gasteiger partial charge on any atom is -0.368 e. The molecule has 0 aliphatic rings. The summed E-state index contributed by atoms with van der Waals surface area (Å²) in [6, 6.07) is 12.5. The Kier molecular flexibility index (Phi) is 4.26. The van der Waals surface area contributed by atoms with E-state index in [0.717, 1.165) is 27.6 Å². The van der Waals surface area contributed by atoms with Crippen molar-refractivity contribution in [3.63, 3.8) is 0 Å². The van der Waals surface area contributed by atoms with Crippen molar-refractivity contribution in [2.24, 2.45) is 5.73 Å². The number of benzene rings is 2. The number of carbonyl (C=O) groups excluding carboxylic acids is 1. The number of nitrogens with one attached hydrogen (secondary N) is 1. The molecule has 142 valence electrons. The van der Waals surface area contributed by atoms with Crippen LogP contribution in [0.3, 0.4) is 0 Å². The highest BCUT2D eigenvalue weighted by molar-refractivity contribution is 6.13. The quantitative estimate of drug-likeness (QED) is 0.571. The van der Waals surface area contributed by atoms with E-state index in [1.54, 1.807) is 0 Å². The van der Waals surface area contributed by atoms with Crippen molar-refractivity contribution in [2.75, 3.05) is 11.9 Å². The number of aromatic nitrogens is 3. The zero-order valence-corrected chi connectivity index (χ0v) is 16.5. The number of hydrogen-bond acceptors (Lipinski definition) is 4. The second-order valence-corrected chi connectivity index (χ2v) is 7.24. The largest absolute Gasteiger partial charge is 0.368 e. The molecule has 3 N–H and O–H groups in total. The fraction of sp³-hybridized carbons (Fsp3) is 0.227. The summed E-state index contributed by atoms with van der Waals surface area (Å²) in [6.45, 7) is 8.22. The third-order valence-electron chi connectivity index (χ3n) is 4.92. The predicted molar refractivity (Wildman–Crippen MR) is 113 cm³/mol. The third kappa shape index (κ3) is 2.87. The molecule has 0 spiro atoms. The minimum absolute atomic E-state index is 0.0215. The summed E-state index contributed by atoms with van der Waals surface area (Å²) in [5.41, 5.74) is 11.9. The molecule has 1 amide bonds. The lowest BCUT2D eigenvalue weighted by atomic mass is 10.0. The van der Waals surface area contributed by atoms with Gasteiger partial charge < -0.3 is 11.1 Å². The summed E-state index contributed by atoms with van der Waals surface area (Å²) in [7, 11) is 0. The van der Waals surface area contributed by atoms with Crippen molar-refractivity contribution in [3.05, 3.63) is 58.9 Å². The van der Waals surface area contributed by atoms with Gasteiger partial charge in [0.05, 0.1) is 23.1 Å². The average Bonchev–Trinajstić information content (AvgIpc) is 2.93. The van der Waals surface area contributed by atoms with E-state index in [4.69, 9.17) is 10.7 Å². The van der Waals surface area contributed by atoms with E-state index in [1.807, 2.05) is 19.1 Å². The van der Waals surface area contributed by atoms with Gasteiger partial charge in [0.15, 0.2) is 5.65 Å². The van der Waals surface area contributed by atoms with Crippen LogP contribution in [0.1, 0.15) is 22.5 Å². The lowest BCUT2D eigenvalue weighted by molar-refractivity contribution is -0.116. The molecule has 0 unspecified atom stereocenters. The normalized spacial score (nSPS) is 11.3. The molecule has 6 nitrogen and oxygen atoms in total. The van der Waals surface area contributed by atoms with E-state index < -0.39 is 5.91 Å². The molecule has 2 aromatic carbocycles. The van der Waals surface area contributed by atoms with Crippen LogP contribution in [0.4, 0.5) is 5.82 Å². The Hall–Kier alpha value is -3.41. The monoisotopic (exact) mass is 373 g/mol. The van der Waals surface area contributed by atoms with Gasteiger partial charge in [-0.2, -0.15) is 0 Å².